The Labute approximate surface area is 203 Å². The number of halogens is 1. The van der Waals surface area contributed by atoms with Crippen molar-refractivity contribution >= 4 is 23.7 Å². The molecule has 0 saturated carbocycles. The summed E-state index contributed by atoms with van der Waals surface area (Å²) < 4.78 is 15.4. The summed E-state index contributed by atoms with van der Waals surface area (Å²) in [5.74, 6) is -0.0857. The fourth-order valence-corrected chi connectivity index (χ4v) is 3.90. The van der Waals surface area contributed by atoms with Crippen LogP contribution in [-0.2, 0) is 11.8 Å². The molecule has 4 N–H and O–H groups in total. The first-order valence-electron chi connectivity index (χ1n) is 11.4. The maximum absolute atomic E-state index is 13.7. The minimum Gasteiger partial charge on any atom is -0.481 e. The third kappa shape index (κ3) is 6.52. The van der Waals surface area contributed by atoms with Crippen molar-refractivity contribution in [3.8, 4) is 11.1 Å². The number of aliphatic carboxylic acids is 1. The van der Waals surface area contributed by atoms with E-state index in [-0.39, 0.29) is 18.2 Å². The van der Waals surface area contributed by atoms with Crippen molar-refractivity contribution in [1.29, 1.82) is 0 Å². The number of rotatable bonds is 10. The van der Waals surface area contributed by atoms with Crippen LogP contribution in [0.15, 0.2) is 42.6 Å². The molecular formula is C26H31FN4O4. The number of aryl methyl sites for hydroxylation is 1. The van der Waals surface area contributed by atoms with E-state index in [1.54, 1.807) is 29.1 Å². The molecule has 2 heterocycles. The summed E-state index contributed by atoms with van der Waals surface area (Å²) in [6, 6.07) is 8.01. The van der Waals surface area contributed by atoms with Crippen LogP contribution in [0.25, 0.3) is 17.2 Å². The number of hydrogen-bond donors (Lipinski definition) is 4. The van der Waals surface area contributed by atoms with Gasteiger partial charge >= 0.3 is 5.97 Å². The van der Waals surface area contributed by atoms with Gasteiger partial charge in [0.05, 0.1) is 30.5 Å². The van der Waals surface area contributed by atoms with Crippen LogP contribution in [0.1, 0.15) is 49.4 Å². The molecule has 0 aliphatic rings. The Kier molecular flexibility index (Phi) is 8.37. The largest absolute Gasteiger partial charge is 0.481 e. The summed E-state index contributed by atoms with van der Waals surface area (Å²) in [6.45, 7) is 5.92. The van der Waals surface area contributed by atoms with E-state index < -0.39 is 24.6 Å². The number of carbonyl (C=O) groups is 1. The van der Waals surface area contributed by atoms with Crippen molar-refractivity contribution in [2.45, 2.75) is 51.7 Å². The Morgan fingerprint density at radius 1 is 1.20 bits per heavy atom. The fourth-order valence-electron chi connectivity index (χ4n) is 3.90. The molecule has 2 aromatic heterocycles. The van der Waals surface area contributed by atoms with Crippen molar-refractivity contribution in [1.82, 2.24) is 14.8 Å². The third-order valence-electron chi connectivity index (χ3n) is 5.66. The molecule has 0 fully saturated rings. The predicted molar refractivity (Wildman–Crippen MR) is 133 cm³/mol. The van der Waals surface area contributed by atoms with Gasteiger partial charge in [0, 0.05) is 30.7 Å². The standard InChI is InChI=1S/C26H31FN4O4/c1-15(2)25-21(10-9-19(32)13-20(33)14-23(34)35)24(17-5-7-18(27)8-6-17)16(3)26(30-25)29-22-11-12-28-31(22)4/h5-12,15,19-20,32-33H,13-14H2,1-4H3,(H,29,30)(H,34,35)/t19-,20-/m1/s1. The van der Waals surface area contributed by atoms with E-state index in [0.29, 0.717) is 5.82 Å². The quantitative estimate of drug-likeness (QED) is 0.338. The van der Waals surface area contributed by atoms with E-state index in [2.05, 4.69) is 10.4 Å². The molecule has 2 atom stereocenters. The fraction of sp³-hybridized carbons (Fsp3) is 0.346. The molecule has 0 amide bonds. The molecule has 35 heavy (non-hydrogen) atoms. The second-order valence-corrected chi connectivity index (χ2v) is 8.80. The molecule has 0 unspecified atom stereocenters. The first-order valence-corrected chi connectivity index (χ1v) is 11.4. The topological polar surface area (TPSA) is 121 Å². The smallest absolute Gasteiger partial charge is 0.305 e. The zero-order valence-corrected chi connectivity index (χ0v) is 20.2. The van der Waals surface area contributed by atoms with Crippen LogP contribution < -0.4 is 5.32 Å². The van der Waals surface area contributed by atoms with Gasteiger partial charge in [0.1, 0.15) is 17.5 Å². The number of aromatic nitrogens is 3. The van der Waals surface area contributed by atoms with Crippen molar-refractivity contribution in [2.24, 2.45) is 7.05 Å². The average Bonchev–Trinajstić information content (AvgIpc) is 3.18. The van der Waals surface area contributed by atoms with Gasteiger partial charge in [0.15, 0.2) is 0 Å². The lowest BCUT2D eigenvalue weighted by Gasteiger charge is -2.21. The number of aliphatic hydroxyl groups is 2. The number of nitrogens with zero attached hydrogens (tertiary/aromatic N) is 3. The molecule has 9 heteroatoms. The Balaban J connectivity index is 2.11. The molecule has 186 valence electrons. The second kappa shape index (κ2) is 11.2. The van der Waals surface area contributed by atoms with Gasteiger partial charge in [-0.2, -0.15) is 5.10 Å². The van der Waals surface area contributed by atoms with Crippen LogP contribution in [0.2, 0.25) is 0 Å². The number of carboxylic acid groups (broad SMARTS) is 1. The lowest BCUT2D eigenvalue weighted by molar-refractivity contribution is -0.139. The Hall–Kier alpha value is -3.56. The molecule has 3 rings (SSSR count). The van der Waals surface area contributed by atoms with Crippen LogP contribution in [0.4, 0.5) is 16.0 Å². The number of pyridine rings is 1. The number of nitrogens with one attached hydrogen (secondary N) is 1. The van der Waals surface area contributed by atoms with Crippen molar-refractivity contribution < 1.29 is 24.5 Å². The average molecular weight is 483 g/mol. The summed E-state index contributed by atoms with van der Waals surface area (Å²) in [5, 5.41) is 36.6. The van der Waals surface area contributed by atoms with Gasteiger partial charge in [0.25, 0.3) is 0 Å². The summed E-state index contributed by atoms with van der Waals surface area (Å²) in [5.41, 5.74) is 3.94. The number of carboxylic acids is 1. The number of hydrogen-bond acceptors (Lipinski definition) is 6. The molecule has 0 bridgehead atoms. The first kappa shape index (κ1) is 26.1. The number of benzene rings is 1. The summed E-state index contributed by atoms with van der Waals surface area (Å²) in [7, 11) is 1.82. The predicted octanol–water partition coefficient (Wildman–Crippen LogP) is 4.40. The number of aliphatic hydroxyl groups excluding tert-OH is 2. The van der Waals surface area contributed by atoms with Crippen LogP contribution >= 0.6 is 0 Å². The highest BCUT2D eigenvalue weighted by Crippen LogP contribution is 2.37. The molecular weight excluding hydrogens is 451 g/mol. The minimum atomic E-state index is -1.17. The molecule has 0 spiro atoms. The first-order chi connectivity index (χ1) is 16.6. The van der Waals surface area contributed by atoms with Gasteiger partial charge in [0.2, 0.25) is 0 Å². The SMILES string of the molecule is Cc1c(Nc2ccnn2C)nc(C(C)C)c(C=C[C@@H](O)C[C@@H](O)CC(=O)O)c1-c1ccc(F)cc1. The molecule has 0 radical (unpaired) electrons. The zero-order valence-electron chi connectivity index (χ0n) is 20.2. The molecule has 0 saturated heterocycles. The van der Waals surface area contributed by atoms with E-state index in [9.17, 15) is 19.4 Å². The van der Waals surface area contributed by atoms with Gasteiger partial charge in [-0.25, -0.2) is 9.37 Å². The van der Waals surface area contributed by atoms with Crippen LogP contribution in [-0.4, -0.2) is 48.3 Å². The molecule has 0 aliphatic carbocycles. The van der Waals surface area contributed by atoms with Crippen molar-refractivity contribution in [3.05, 3.63) is 65.2 Å². The second-order valence-electron chi connectivity index (χ2n) is 8.80. The lowest BCUT2D eigenvalue weighted by atomic mass is 9.90. The number of anilines is 2. The van der Waals surface area contributed by atoms with E-state index in [1.807, 2.05) is 33.9 Å². The zero-order chi connectivity index (χ0) is 25.7. The minimum absolute atomic E-state index is 0.0104. The van der Waals surface area contributed by atoms with Crippen molar-refractivity contribution in [3.63, 3.8) is 0 Å². The molecule has 8 nitrogen and oxygen atoms in total. The third-order valence-corrected chi connectivity index (χ3v) is 5.66. The van der Waals surface area contributed by atoms with Gasteiger partial charge in [-0.15, -0.1) is 0 Å². The van der Waals surface area contributed by atoms with E-state index >= 15 is 0 Å². The Morgan fingerprint density at radius 2 is 1.89 bits per heavy atom. The molecule has 0 aliphatic heterocycles. The van der Waals surface area contributed by atoms with Gasteiger partial charge in [-0.3, -0.25) is 9.48 Å². The van der Waals surface area contributed by atoms with Gasteiger partial charge < -0.3 is 20.6 Å². The van der Waals surface area contributed by atoms with E-state index in [4.69, 9.17) is 10.1 Å². The van der Waals surface area contributed by atoms with Gasteiger partial charge in [-0.05, 0) is 36.1 Å². The van der Waals surface area contributed by atoms with Crippen LogP contribution in [0.3, 0.4) is 0 Å². The maximum atomic E-state index is 13.7. The summed E-state index contributed by atoms with van der Waals surface area (Å²) in [4.78, 5) is 15.7. The maximum Gasteiger partial charge on any atom is 0.305 e. The van der Waals surface area contributed by atoms with E-state index in [1.165, 1.54) is 18.2 Å². The van der Waals surface area contributed by atoms with Crippen LogP contribution in [0.5, 0.6) is 0 Å². The monoisotopic (exact) mass is 482 g/mol. The highest BCUT2D eigenvalue weighted by atomic mass is 19.1. The van der Waals surface area contributed by atoms with Gasteiger partial charge in [-0.1, -0.05) is 38.1 Å². The highest BCUT2D eigenvalue weighted by Gasteiger charge is 2.21. The lowest BCUT2D eigenvalue weighted by Crippen LogP contribution is -2.19. The van der Waals surface area contributed by atoms with E-state index in [0.717, 1.165) is 33.8 Å². The summed E-state index contributed by atoms with van der Waals surface area (Å²) in [6.07, 6.45) is 2.15. The van der Waals surface area contributed by atoms with Crippen molar-refractivity contribution in [2.75, 3.05) is 5.32 Å². The summed E-state index contributed by atoms with van der Waals surface area (Å²) >= 11 is 0. The Morgan fingerprint density at radius 3 is 2.46 bits per heavy atom. The highest BCUT2D eigenvalue weighted by molar-refractivity contribution is 5.83. The molecule has 1 aromatic carbocycles. The Bertz CT molecular complexity index is 1200. The normalized spacial score (nSPS) is 13.4. The van der Waals surface area contributed by atoms with Crippen LogP contribution in [0, 0.1) is 12.7 Å². The molecule has 3 aromatic rings.